The summed E-state index contributed by atoms with van der Waals surface area (Å²) >= 11 is 0. The van der Waals surface area contributed by atoms with E-state index < -0.39 is 0 Å². The van der Waals surface area contributed by atoms with Gasteiger partial charge in [-0.2, -0.15) is 0 Å². The van der Waals surface area contributed by atoms with Gasteiger partial charge in [0.1, 0.15) is 0 Å². The molecule has 0 aliphatic heterocycles. The van der Waals surface area contributed by atoms with Crippen molar-refractivity contribution >= 4 is 11.6 Å². The normalized spacial score (nSPS) is 10.7. The van der Waals surface area contributed by atoms with E-state index in [9.17, 15) is 4.79 Å². The van der Waals surface area contributed by atoms with Crippen molar-refractivity contribution in [3.05, 3.63) is 54.1 Å². The molecule has 1 aromatic heterocycles. The van der Waals surface area contributed by atoms with E-state index in [0.717, 1.165) is 41.9 Å². The fourth-order valence-corrected chi connectivity index (χ4v) is 3.82. The molecular formula is C26H35N5O4. The van der Waals surface area contributed by atoms with Crippen LogP contribution in [0.3, 0.4) is 0 Å². The first kappa shape index (κ1) is 25.9. The van der Waals surface area contributed by atoms with Crippen LogP contribution in [-0.2, 0) is 6.54 Å². The van der Waals surface area contributed by atoms with E-state index in [1.54, 1.807) is 21.3 Å². The summed E-state index contributed by atoms with van der Waals surface area (Å²) in [5.41, 5.74) is 9.88. The molecule has 0 unspecified atom stereocenters. The Hall–Kier alpha value is -3.72. The number of imidazole rings is 1. The Balaban J connectivity index is 1.90. The zero-order valence-electron chi connectivity index (χ0n) is 20.9. The van der Waals surface area contributed by atoms with E-state index in [-0.39, 0.29) is 5.91 Å². The molecule has 35 heavy (non-hydrogen) atoms. The quantitative estimate of drug-likeness (QED) is 0.321. The van der Waals surface area contributed by atoms with Crippen LogP contribution < -0.4 is 30.6 Å². The maximum Gasteiger partial charge on any atom is 0.251 e. The molecule has 1 heterocycles. The minimum atomic E-state index is -0.132. The van der Waals surface area contributed by atoms with Crippen LogP contribution in [0.2, 0.25) is 0 Å². The van der Waals surface area contributed by atoms with Gasteiger partial charge in [0, 0.05) is 48.3 Å². The number of nitrogens with two attached hydrogens (primary N) is 1. The molecule has 9 nitrogen and oxygen atoms in total. The van der Waals surface area contributed by atoms with Crippen LogP contribution >= 0.6 is 0 Å². The molecule has 3 rings (SSSR count). The number of rotatable bonds is 13. The van der Waals surface area contributed by atoms with Gasteiger partial charge in [-0.15, -0.1) is 0 Å². The van der Waals surface area contributed by atoms with Gasteiger partial charge >= 0.3 is 0 Å². The molecule has 4 N–H and O–H groups in total. The smallest absolute Gasteiger partial charge is 0.251 e. The zero-order valence-corrected chi connectivity index (χ0v) is 20.9. The second kappa shape index (κ2) is 12.7. The lowest BCUT2D eigenvalue weighted by molar-refractivity contribution is 0.0953. The Morgan fingerprint density at radius 3 is 2.37 bits per heavy atom. The molecular weight excluding hydrogens is 446 g/mol. The van der Waals surface area contributed by atoms with Gasteiger partial charge in [0.25, 0.3) is 5.91 Å². The first-order valence-electron chi connectivity index (χ1n) is 11.7. The Kier molecular flexibility index (Phi) is 9.37. The number of anilines is 1. The average Bonchev–Trinajstić information content (AvgIpc) is 3.29. The van der Waals surface area contributed by atoms with Crippen molar-refractivity contribution in [2.75, 3.05) is 46.3 Å². The molecule has 0 fully saturated rings. The third-order valence-corrected chi connectivity index (χ3v) is 5.74. The minimum absolute atomic E-state index is 0.132. The Morgan fingerprint density at radius 2 is 1.77 bits per heavy atom. The minimum Gasteiger partial charge on any atom is -0.493 e. The highest BCUT2D eigenvalue weighted by molar-refractivity contribution is 5.97. The summed E-state index contributed by atoms with van der Waals surface area (Å²) < 4.78 is 18.7. The lowest BCUT2D eigenvalue weighted by atomic mass is 9.99. The maximum atomic E-state index is 12.7. The number of hydrogen-bond donors (Lipinski definition) is 3. The van der Waals surface area contributed by atoms with Gasteiger partial charge in [0.05, 0.1) is 27.7 Å². The van der Waals surface area contributed by atoms with E-state index in [1.807, 2.05) is 49.8 Å². The van der Waals surface area contributed by atoms with Gasteiger partial charge in [-0.3, -0.25) is 4.79 Å². The number of carbonyl (C=O) groups excluding carboxylic acids is 1. The van der Waals surface area contributed by atoms with Crippen molar-refractivity contribution in [3.8, 4) is 28.4 Å². The summed E-state index contributed by atoms with van der Waals surface area (Å²) in [5.74, 6) is 1.52. The first-order chi connectivity index (χ1) is 17.0. The Bertz CT molecular complexity index is 1100. The number of ether oxygens (including phenoxy) is 3. The number of carbonyl (C=O) groups is 1. The molecule has 1 amide bonds. The van der Waals surface area contributed by atoms with Crippen molar-refractivity contribution in [2.45, 2.75) is 26.3 Å². The monoisotopic (exact) mass is 481 g/mol. The molecule has 3 aromatic rings. The number of amides is 1. The number of methoxy groups -OCH3 is 3. The van der Waals surface area contributed by atoms with Crippen LogP contribution in [0.25, 0.3) is 11.1 Å². The molecule has 0 radical (unpaired) electrons. The highest BCUT2D eigenvalue weighted by atomic mass is 16.5. The molecule has 0 saturated carbocycles. The van der Waals surface area contributed by atoms with Crippen molar-refractivity contribution < 1.29 is 19.0 Å². The number of nitrogens with one attached hydrogen (secondary N) is 2. The summed E-state index contributed by atoms with van der Waals surface area (Å²) in [5, 5.41) is 6.43. The number of aromatic nitrogens is 2. The van der Waals surface area contributed by atoms with Gasteiger partial charge in [-0.05, 0) is 56.1 Å². The number of aryl methyl sites for hydroxylation is 2. The van der Waals surface area contributed by atoms with Crippen LogP contribution in [0.15, 0.2) is 42.9 Å². The maximum absolute atomic E-state index is 12.7. The lowest BCUT2D eigenvalue weighted by Crippen LogP contribution is -2.26. The molecule has 0 aliphatic carbocycles. The van der Waals surface area contributed by atoms with E-state index in [2.05, 4.69) is 20.2 Å². The fraction of sp³-hybridized carbons (Fsp3) is 0.385. The SMILES string of the molecule is COc1cc(-c2ccc(C(=O)NCCCN)cc2NCCCn2cncc2C)cc(OC)c1OC. The highest BCUT2D eigenvalue weighted by Gasteiger charge is 2.17. The van der Waals surface area contributed by atoms with E-state index in [1.165, 1.54) is 0 Å². The predicted molar refractivity (Wildman–Crippen MR) is 138 cm³/mol. The number of hydrogen-bond acceptors (Lipinski definition) is 7. The first-order valence-corrected chi connectivity index (χ1v) is 11.7. The molecule has 0 atom stereocenters. The summed E-state index contributed by atoms with van der Waals surface area (Å²) in [7, 11) is 4.76. The van der Waals surface area contributed by atoms with Crippen LogP contribution in [0, 0.1) is 6.92 Å². The zero-order chi connectivity index (χ0) is 25.2. The molecule has 9 heteroatoms. The van der Waals surface area contributed by atoms with Crippen LogP contribution in [0.5, 0.6) is 17.2 Å². The van der Waals surface area contributed by atoms with Crippen molar-refractivity contribution in [1.29, 1.82) is 0 Å². The van der Waals surface area contributed by atoms with Crippen molar-refractivity contribution in [3.63, 3.8) is 0 Å². The average molecular weight is 482 g/mol. The third-order valence-electron chi connectivity index (χ3n) is 5.74. The fourth-order valence-electron chi connectivity index (χ4n) is 3.82. The van der Waals surface area contributed by atoms with E-state index in [0.29, 0.717) is 42.4 Å². The predicted octanol–water partition coefficient (Wildman–Crippen LogP) is 3.47. The van der Waals surface area contributed by atoms with Crippen molar-refractivity contribution in [1.82, 2.24) is 14.9 Å². The van der Waals surface area contributed by atoms with E-state index in [4.69, 9.17) is 19.9 Å². The summed E-state index contributed by atoms with van der Waals surface area (Å²) in [6.45, 7) is 4.67. The van der Waals surface area contributed by atoms with Gasteiger partial charge in [0.15, 0.2) is 11.5 Å². The van der Waals surface area contributed by atoms with Crippen LogP contribution in [0.4, 0.5) is 5.69 Å². The van der Waals surface area contributed by atoms with Crippen LogP contribution in [0.1, 0.15) is 28.9 Å². The molecule has 0 aliphatic rings. The van der Waals surface area contributed by atoms with Gasteiger partial charge in [0.2, 0.25) is 5.75 Å². The van der Waals surface area contributed by atoms with E-state index >= 15 is 0 Å². The summed E-state index contributed by atoms with van der Waals surface area (Å²) in [4.78, 5) is 16.9. The largest absolute Gasteiger partial charge is 0.493 e. The highest BCUT2D eigenvalue weighted by Crippen LogP contribution is 2.42. The summed E-state index contributed by atoms with van der Waals surface area (Å²) in [6, 6.07) is 9.42. The standard InChI is InChI=1S/C26H35N5O4/c1-18-16-28-17-31(18)12-6-11-29-22-13-19(26(32)30-10-5-9-27)7-8-21(22)20-14-23(33-2)25(35-4)24(15-20)34-3/h7-8,13-17,29H,5-6,9-12,27H2,1-4H3,(H,30,32). The summed E-state index contributed by atoms with van der Waals surface area (Å²) in [6.07, 6.45) is 5.30. The topological polar surface area (TPSA) is 113 Å². The molecule has 0 saturated heterocycles. The van der Waals surface area contributed by atoms with Gasteiger partial charge in [-0.1, -0.05) is 6.07 Å². The molecule has 0 bridgehead atoms. The lowest BCUT2D eigenvalue weighted by Gasteiger charge is -2.18. The second-order valence-electron chi connectivity index (χ2n) is 8.08. The molecule has 2 aromatic carbocycles. The Labute approximate surface area is 206 Å². The molecule has 0 spiro atoms. The number of benzene rings is 2. The van der Waals surface area contributed by atoms with Gasteiger partial charge in [-0.25, -0.2) is 4.98 Å². The molecule has 188 valence electrons. The van der Waals surface area contributed by atoms with Gasteiger partial charge < -0.3 is 35.1 Å². The third kappa shape index (κ3) is 6.45. The van der Waals surface area contributed by atoms with Crippen molar-refractivity contribution in [2.24, 2.45) is 5.73 Å². The number of nitrogens with zero attached hydrogens (tertiary/aromatic N) is 2. The Morgan fingerprint density at radius 1 is 1.03 bits per heavy atom. The second-order valence-corrected chi connectivity index (χ2v) is 8.08. The van der Waals surface area contributed by atoms with Crippen LogP contribution in [-0.4, -0.2) is 56.4 Å².